The minimum absolute atomic E-state index is 0.154. The lowest BCUT2D eigenvalue weighted by molar-refractivity contribution is -0.152. The number of aromatic nitrogens is 1. The van der Waals surface area contributed by atoms with Crippen molar-refractivity contribution in [2.24, 2.45) is 5.92 Å². The first-order chi connectivity index (χ1) is 17.4. The number of dihydropyridines is 1. The molecule has 0 saturated carbocycles. The van der Waals surface area contributed by atoms with Gasteiger partial charge in [-0.05, 0) is 56.5 Å². The van der Waals surface area contributed by atoms with Crippen LogP contribution in [-0.4, -0.2) is 43.0 Å². The van der Waals surface area contributed by atoms with Gasteiger partial charge in [-0.25, -0.2) is 4.79 Å². The first kappa shape index (κ1) is 25.2. The molecule has 2 heterocycles. The third-order valence-electron chi connectivity index (χ3n) is 6.62. The second-order valence-electron chi connectivity index (χ2n) is 8.67. The van der Waals surface area contributed by atoms with Crippen LogP contribution < -0.4 is 10.1 Å². The molecule has 1 aromatic carbocycles. The van der Waals surface area contributed by atoms with E-state index in [9.17, 15) is 14.4 Å². The summed E-state index contributed by atoms with van der Waals surface area (Å²) in [5, 5.41) is 3.29. The average molecular weight is 491 g/mol. The number of nitrogens with one attached hydrogen (secondary N) is 1. The molecule has 0 bridgehead atoms. The normalized spacial score (nSPS) is 21.4. The van der Waals surface area contributed by atoms with Gasteiger partial charge < -0.3 is 19.5 Å². The van der Waals surface area contributed by atoms with Gasteiger partial charge in [0, 0.05) is 41.2 Å². The van der Waals surface area contributed by atoms with Gasteiger partial charge in [0.05, 0.1) is 25.9 Å². The number of esters is 2. The maximum Gasteiger partial charge on any atom is 0.336 e. The van der Waals surface area contributed by atoms with Crippen LogP contribution in [0, 0.1) is 5.92 Å². The fourth-order valence-electron chi connectivity index (χ4n) is 5.06. The van der Waals surface area contributed by atoms with Crippen molar-refractivity contribution >= 4 is 17.7 Å². The summed E-state index contributed by atoms with van der Waals surface area (Å²) < 4.78 is 16.0. The lowest BCUT2D eigenvalue weighted by Crippen LogP contribution is -2.43. The van der Waals surface area contributed by atoms with E-state index < -0.39 is 29.7 Å². The minimum atomic E-state index is -1.06. The Hall–Kier alpha value is -3.94. The Kier molecular flexibility index (Phi) is 7.52. The van der Waals surface area contributed by atoms with E-state index in [2.05, 4.69) is 10.3 Å². The molecule has 0 fully saturated rings. The van der Waals surface area contributed by atoms with Crippen molar-refractivity contribution in [1.29, 1.82) is 0 Å². The molecule has 0 spiro atoms. The zero-order valence-corrected chi connectivity index (χ0v) is 20.9. The lowest BCUT2D eigenvalue weighted by atomic mass is 9.67. The molecule has 8 nitrogen and oxygen atoms in total. The Bertz CT molecular complexity index is 1220. The minimum Gasteiger partial charge on any atom is -0.497 e. The van der Waals surface area contributed by atoms with E-state index in [0.717, 1.165) is 5.56 Å². The van der Waals surface area contributed by atoms with Gasteiger partial charge in [-0.3, -0.25) is 14.6 Å². The molecule has 2 aromatic rings. The predicted molar refractivity (Wildman–Crippen MR) is 132 cm³/mol. The molecule has 1 N–H and O–H groups in total. The summed E-state index contributed by atoms with van der Waals surface area (Å²) in [4.78, 5) is 44.6. The van der Waals surface area contributed by atoms with Gasteiger partial charge in [0.1, 0.15) is 11.7 Å². The first-order valence-electron chi connectivity index (χ1n) is 12.0. The Balaban J connectivity index is 1.87. The Morgan fingerprint density at radius 1 is 1.06 bits per heavy atom. The highest BCUT2D eigenvalue weighted by Gasteiger charge is 2.49. The van der Waals surface area contributed by atoms with E-state index in [1.165, 1.54) is 0 Å². The number of rotatable bonds is 7. The van der Waals surface area contributed by atoms with Crippen molar-refractivity contribution in [2.45, 2.75) is 39.0 Å². The van der Waals surface area contributed by atoms with Gasteiger partial charge in [-0.15, -0.1) is 0 Å². The van der Waals surface area contributed by atoms with Crippen molar-refractivity contribution in [3.8, 4) is 5.75 Å². The van der Waals surface area contributed by atoms with E-state index in [-0.39, 0.29) is 19.0 Å². The second kappa shape index (κ2) is 10.8. The smallest absolute Gasteiger partial charge is 0.336 e. The maximum absolute atomic E-state index is 14.2. The van der Waals surface area contributed by atoms with Crippen LogP contribution in [0.4, 0.5) is 0 Å². The number of ether oxygens (including phenoxy) is 3. The number of allylic oxidation sites excluding steroid dienone is 3. The standard InChI is InChI=1S/C28H30N2O6/c1-5-35-27(32)22-16(3)30-21-14-20(17-9-11-19(34-4)12-10-17)24(28(33)36-6-2)26(31)25(21)23(22)18-8-7-13-29-15-18/h7-13,15,20,23-24,30H,5-6,14H2,1-4H3/t20-,23-,24-/m1/s1. The van der Waals surface area contributed by atoms with Crippen LogP contribution in [-0.2, 0) is 23.9 Å². The highest BCUT2D eigenvalue weighted by Crippen LogP contribution is 2.48. The molecule has 0 radical (unpaired) electrons. The number of carbonyl (C=O) groups is 3. The third kappa shape index (κ3) is 4.63. The summed E-state index contributed by atoms with van der Waals surface area (Å²) >= 11 is 0. The number of Topliss-reactive ketones (excluding diaryl/α,β-unsaturated/α-hetero) is 1. The lowest BCUT2D eigenvalue weighted by Gasteiger charge is -2.39. The topological polar surface area (TPSA) is 104 Å². The molecule has 0 saturated heterocycles. The Labute approximate surface area is 210 Å². The number of hydrogen-bond donors (Lipinski definition) is 1. The van der Waals surface area contributed by atoms with Crippen LogP contribution >= 0.6 is 0 Å². The highest BCUT2D eigenvalue weighted by atomic mass is 16.5. The molecule has 36 heavy (non-hydrogen) atoms. The SMILES string of the molecule is CCOC(=O)C1=C(C)NC2=C(C(=O)[C@H](C(=O)OCC)[C@@H](c3ccc(OC)cc3)C2)[C@@H]1c1cccnc1. The van der Waals surface area contributed by atoms with E-state index >= 15 is 0 Å². The monoisotopic (exact) mass is 490 g/mol. The summed E-state index contributed by atoms with van der Waals surface area (Å²) in [6.07, 6.45) is 3.65. The van der Waals surface area contributed by atoms with Crippen molar-refractivity contribution in [1.82, 2.24) is 10.3 Å². The van der Waals surface area contributed by atoms with Gasteiger partial charge in [0.25, 0.3) is 0 Å². The fourth-order valence-corrected chi connectivity index (χ4v) is 5.06. The fraction of sp³-hybridized carbons (Fsp3) is 0.357. The highest BCUT2D eigenvalue weighted by molar-refractivity contribution is 6.13. The average Bonchev–Trinajstić information content (AvgIpc) is 2.88. The van der Waals surface area contributed by atoms with Crippen molar-refractivity contribution < 1.29 is 28.6 Å². The first-order valence-corrected chi connectivity index (χ1v) is 12.0. The third-order valence-corrected chi connectivity index (χ3v) is 6.62. The maximum atomic E-state index is 14.2. The Morgan fingerprint density at radius 2 is 1.78 bits per heavy atom. The van der Waals surface area contributed by atoms with E-state index in [4.69, 9.17) is 14.2 Å². The zero-order valence-electron chi connectivity index (χ0n) is 20.9. The molecule has 0 amide bonds. The quantitative estimate of drug-likeness (QED) is 0.462. The number of ketones is 1. The van der Waals surface area contributed by atoms with Crippen molar-refractivity contribution in [2.75, 3.05) is 20.3 Å². The van der Waals surface area contributed by atoms with Gasteiger partial charge >= 0.3 is 11.9 Å². The molecular weight excluding hydrogens is 460 g/mol. The van der Waals surface area contributed by atoms with Crippen LogP contribution in [0.3, 0.4) is 0 Å². The summed E-state index contributed by atoms with van der Waals surface area (Å²) in [5.41, 5.74) is 3.50. The number of carbonyl (C=O) groups excluding carboxylic acids is 3. The van der Waals surface area contributed by atoms with Gasteiger partial charge in [-0.1, -0.05) is 18.2 Å². The summed E-state index contributed by atoms with van der Waals surface area (Å²) in [6, 6.07) is 10.9. The van der Waals surface area contributed by atoms with Crippen LogP contribution in [0.25, 0.3) is 0 Å². The summed E-state index contributed by atoms with van der Waals surface area (Å²) in [7, 11) is 1.58. The summed E-state index contributed by atoms with van der Waals surface area (Å²) in [6.45, 7) is 5.59. The Morgan fingerprint density at radius 3 is 2.39 bits per heavy atom. The van der Waals surface area contributed by atoms with Crippen LogP contribution in [0.5, 0.6) is 5.75 Å². The zero-order chi connectivity index (χ0) is 25.8. The molecule has 8 heteroatoms. The molecular formula is C28H30N2O6. The molecule has 3 atom stereocenters. The number of methoxy groups -OCH3 is 1. The van der Waals surface area contributed by atoms with Crippen LogP contribution in [0.15, 0.2) is 71.3 Å². The van der Waals surface area contributed by atoms with E-state index in [1.54, 1.807) is 46.3 Å². The number of nitrogens with zero attached hydrogens (tertiary/aromatic N) is 1. The molecule has 4 rings (SSSR count). The molecule has 2 aliphatic rings. The van der Waals surface area contributed by atoms with Crippen LogP contribution in [0.1, 0.15) is 50.2 Å². The molecule has 188 valence electrons. The summed E-state index contributed by atoms with van der Waals surface area (Å²) in [5.74, 6) is -3.00. The van der Waals surface area contributed by atoms with Crippen molar-refractivity contribution in [3.05, 3.63) is 82.5 Å². The molecule has 0 unspecified atom stereocenters. The number of pyridine rings is 1. The molecule has 1 aliphatic carbocycles. The van der Waals surface area contributed by atoms with Crippen LogP contribution in [0.2, 0.25) is 0 Å². The molecule has 1 aliphatic heterocycles. The second-order valence-corrected chi connectivity index (χ2v) is 8.67. The van der Waals surface area contributed by atoms with Gasteiger partial charge in [-0.2, -0.15) is 0 Å². The van der Waals surface area contributed by atoms with Gasteiger partial charge in [0.15, 0.2) is 5.78 Å². The molecule has 1 aromatic heterocycles. The predicted octanol–water partition coefficient (Wildman–Crippen LogP) is 3.80. The van der Waals surface area contributed by atoms with E-state index in [0.29, 0.717) is 40.3 Å². The number of hydrogen-bond acceptors (Lipinski definition) is 8. The van der Waals surface area contributed by atoms with Crippen molar-refractivity contribution in [3.63, 3.8) is 0 Å². The van der Waals surface area contributed by atoms with E-state index in [1.807, 2.05) is 30.3 Å². The van der Waals surface area contributed by atoms with Gasteiger partial charge in [0.2, 0.25) is 0 Å². The number of benzene rings is 1. The largest absolute Gasteiger partial charge is 0.497 e.